The zero-order valence-electron chi connectivity index (χ0n) is 14.8. The third-order valence-corrected chi connectivity index (χ3v) is 6.91. The van der Waals surface area contributed by atoms with Gasteiger partial charge in [-0.1, -0.05) is 29.8 Å². The number of halogens is 1. The monoisotopic (exact) mass is 436 g/mol. The van der Waals surface area contributed by atoms with Gasteiger partial charge in [-0.05, 0) is 59.0 Å². The zero-order valence-corrected chi connectivity index (χ0v) is 17.2. The number of carbonyl (C=O) groups excluding carboxylic acids is 1. The zero-order chi connectivity index (χ0) is 18.9. The molecule has 5 nitrogen and oxygen atoms in total. The Balaban J connectivity index is 1.79. The fourth-order valence-electron chi connectivity index (χ4n) is 3.20. The Bertz CT molecular complexity index is 957. The van der Waals surface area contributed by atoms with Gasteiger partial charge in [-0.25, -0.2) is 13.1 Å². The van der Waals surface area contributed by atoms with Gasteiger partial charge in [0.25, 0.3) is 0 Å². The first-order valence-electron chi connectivity index (χ1n) is 8.43. The van der Waals surface area contributed by atoms with Gasteiger partial charge in [0.2, 0.25) is 15.9 Å². The number of amides is 1. The molecule has 2 aromatic carbocycles. The molecular formula is C19H21BrN2O3S. The Morgan fingerprint density at radius 3 is 2.73 bits per heavy atom. The van der Waals surface area contributed by atoms with Crippen LogP contribution in [0.3, 0.4) is 0 Å². The highest BCUT2D eigenvalue weighted by molar-refractivity contribution is 9.10. The summed E-state index contributed by atoms with van der Waals surface area (Å²) in [6, 6.07) is 11.4. The minimum Gasteiger partial charge on any atom is -0.312 e. The number of nitrogens with one attached hydrogen (secondary N) is 1. The fourth-order valence-corrected chi connectivity index (χ4v) is 5.34. The molecule has 1 heterocycles. The van der Waals surface area contributed by atoms with Gasteiger partial charge < -0.3 is 4.90 Å². The molecule has 0 unspecified atom stereocenters. The maximum Gasteiger partial charge on any atom is 0.241 e. The van der Waals surface area contributed by atoms with Gasteiger partial charge in [0.15, 0.2) is 0 Å². The number of fused-ring (bicyclic) bond motifs is 1. The molecule has 3 rings (SSSR count). The third-order valence-electron chi connectivity index (χ3n) is 4.49. The van der Waals surface area contributed by atoms with Gasteiger partial charge in [-0.15, -0.1) is 0 Å². The molecule has 2 aromatic rings. The molecule has 0 spiro atoms. The smallest absolute Gasteiger partial charge is 0.241 e. The summed E-state index contributed by atoms with van der Waals surface area (Å²) in [5.74, 6) is -0.0816. The highest BCUT2D eigenvalue weighted by atomic mass is 79.9. The Morgan fingerprint density at radius 2 is 2.04 bits per heavy atom. The van der Waals surface area contributed by atoms with E-state index in [1.165, 1.54) is 6.92 Å². The number of sulfonamides is 1. The quantitative estimate of drug-likeness (QED) is 0.782. The average Bonchev–Trinajstić information content (AvgIpc) is 2.96. The molecule has 26 heavy (non-hydrogen) atoms. The first kappa shape index (κ1) is 19.1. The summed E-state index contributed by atoms with van der Waals surface area (Å²) < 4.78 is 28.7. The van der Waals surface area contributed by atoms with E-state index in [-0.39, 0.29) is 10.8 Å². The van der Waals surface area contributed by atoms with E-state index in [1.807, 2.05) is 31.2 Å². The lowest BCUT2D eigenvalue weighted by molar-refractivity contribution is -0.116. The first-order chi connectivity index (χ1) is 12.3. The van der Waals surface area contributed by atoms with E-state index in [1.54, 1.807) is 17.0 Å². The molecule has 1 aliphatic heterocycles. The van der Waals surface area contributed by atoms with Crippen LogP contribution in [0.5, 0.6) is 0 Å². The van der Waals surface area contributed by atoms with Crippen LogP contribution in [0.2, 0.25) is 0 Å². The maximum absolute atomic E-state index is 12.7. The largest absolute Gasteiger partial charge is 0.312 e. The van der Waals surface area contributed by atoms with E-state index in [0.29, 0.717) is 29.7 Å². The number of rotatable bonds is 5. The Labute approximate surface area is 162 Å². The molecule has 1 aliphatic rings. The van der Waals surface area contributed by atoms with E-state index in [9.17, 15) is 13.2 Å². The van der Waals surface area contributed by atoms with E-state index in [2.05, 4.69) is 20.7 Å². The minimum atomic E-state index is -3.68. The van der Waals surface area contributed by atoms with Crippen LogP contribution in [0.25, 0.3) is 0 Å². The summed E-state index contributed by atoms with van der Waals surface area (Å²) >= 11 is 3.37. The predicted octanol–water partition coefficient (Wildman–Crippen LogP) is 3.19. The lowest BCUT2D eigenvalue weighted by Crippen LogP contribution is -2.28. The van der Waals surface area contributed by atoms with Crippen molar-refractivity contribution in [2.75, 3.05) is 18.0 Å². The lowest BCUT2D eigenvalue weighted by Gasteiger charge is -2.17. The van der Waals surface area contributed by atoms with Crippen LogP contribution in [0.15, 0.2) is 45.8 Å². The van der Waals surface area contributed by atoms with Gasteiger partial charge in [-0.2, -0.15) is 0 Å². The van der Waals surface area contributed by atoms with Crippen molar-refractivity contribution >= 4 is 37.5 Å². The highest BCUT2D eigenvalue weighted by Crippen LogP contribution is 2.35. The molecule has 0 aromatic heterocycles. The third kappa shape index (κ3) is 4.00. The topological polar surface area (TPSA) is 66.5 Å². The number of carbonyl (C=O) groups is 1. The van der Waals surface area contributed by atoms with Gasteiger partial charge in [0.1, 0.15) is 0 Å². The van der Waals surface area contributed by atoms with Crippen LogP contribution < -0.4 is 9.62 Å². The van der Waals surface area contributed by atoms with Crippen LogP contribution in [-0.4, -0.2) is 27.4 Å². The van der Waals surface area contributed by atoms with Crippen LogP contribution in [-0.2, 0) is 27.7 Å². The van der Waals surface area contributed by atoms with Crippen molar-refractivity contribution in [3.8, 4) is 0 Å². The molecule has 0 bridgehead atoms. The number of aryl methyl sites for hydroxylation is 1. The molecule has 0 radical (unpaired) electrons. The second-order valence-corrected chi connectivity index (χ2v) is 9.06. The number of benzene rings is 2. The molecule has 0 saturated carbocycles. The number of hydrogen-bond acceptors (Lipinski definition) is 3. The Kier molecular flexibility index (Phi) is 5.50. The normalized spacial score (nSPS) is 13.7. The number of hydrogen-bond donors (Lipinski definition) is 1. The molecular weight excluding hydrogens is 416 g/mol. The predicted molar refractivity (Wildman–Crippen MR) is 106 cm³/mol. The molecule has 7 heteroatoms. The van der Waals surface area contributed by atoms with Crippen LogP contribution in [0.1, 0.15) is 23.6 Å². The fraction of sp³-hybridized carbons (Fsp3) is 0.316. The minimum absolute atomic E-state index is 0.0816. The van der Waals surface area contributed by atoms with Gasteiger partial charge >= 0.3 is 0 Å². The van der Waals surface area contributed by atoms with Crippen molar-refractivity contribution in [1.82, 2.24) is 4.72 Å². The van der Waals surface area contributed by atoms with Crippen LogP contribution in [0.4, 0.5) is 5.69 Å². The van der Waals surface area contributed by atoms with Crippen LogP contribution in [0, 0.1) is 6.92 Å². The first-order valence-corrected chi connectivity index (χ1v) is 10.7. The Morgan fingerprint density at radius 1 is 1.27 bits per heavy atom. The molecule has 138 valence electrons. The van der Waals surface area contributed by atoms with Gasteiger partial charge in [-0.3, -0.25) is 4.79 Å². The second-order valence-electron chi connectivity index (χ2n) is 6.47. The standard InChI is InChI=1S/C19H21BrN2O3S/c1-13-4-3-5-15(10-13)6-8-21-26(24,25)19-12-18-16(11-17(19)20)7-9-22(18)14(2)23/h3-5,10-12,21H,6-9H2,1-2H3. The van der Waals surface area contributed by atoms with Crippen molar-refractivity contribution in [2.24, 2.45) is 0 Å². The number of anilines is 1. The van der Waals surface area contributed by atoms with Crippen molar-refractivity contribution < 1.29 is 13.2 Å². The lowest BCUT2D eigenvalue weighted by atomic mass is 10.1. The highest BCUT2D eigenvalue weighted by Gasteiger charge is 2.27. The molecule has 0 saturated heterocycles. The maximum atomic E-state index is 12.7. The summed E-state index contributed by atoms with van der Waals surface area (Å²) in [5, 5.41) is 0. The summed E-state index contributed by atoms with van der Waals surface area (Å²) in [6.07, 6.45) is 1.34. The molecule has 0 atom stereocenters. The van der Waals surface area contributed by atoms with Crippen molar-refractivity contribution in [2.45, 2.75) is 31.6 Å². The van der Waals surface area contributed by atoms with E-state index in [0.717, 1.165) is 23.1 Å². The Hall–Kier alpha value is -1.70. The molecule has 1 N–H and O–H groups in total. The van der Waals surface area contributed by atoms with Gasteiger partial charge in [0, 0.05) is 30.2 Å². The van der Waals surface area contributed by atoms with Crippen molar-refractivity contribution in [3.05, 3.63) is 57.6 Å². The van der Waals surface area contributed by atoms with Crippen molar-refractivity contribution in [1.29, 1.82) is 0 Å². The van der Waals surface area contributed by atoms with Crippen LogP contribution >= 0.6 is 15.9 Å². The molecule has 0 fully saturated rings. The van der Waals surface area contributed by atoms with E-state index in [4.69, 9.17) is 0 Å². The van der Waals surface area contributed by atoms with Crippen molar-refractivity contribution in [3.63, 3.8) is 0 Å². The molecule has 1 amide bonds. The molecule has 0 aliphatic carbocycles. The summed E-state index contributed by atoms with van der Waals surface area (Å²) in [4.78, 5) is 13.5. The summed E-state index contributed by atoms with van der Waals surface area (Å²) in [6.45, 7) is 4.40. The van der Waals surface area contributed by atoms with Gasteiger partial charge in [0.05, 0.1) is 4.90 Å². The van der Waals surface area contributed by atoms with E-state index >= 15 is 0 Å². The number of nitrogens with zero attached hydrogens (tertiary/aromatic N) is 1. The average molecular weight is 437 g/mol. The SMILES string of the molecule is CC(=O)N1CCc2cc(Br)c(S(=O)(=O)NCCc3cccc(C)c3)cc21. The summed E-state index contributed by atoms with van der Waals surface area (Å²) in [7, 11) is -3.68. The summed E-state index contributed by atoms with van der Waals surface area (Å²) in [5.41, 5.74) is 3.89. The second kappa shape index (κ2) is 7.50. The van der Waals surface area contributed by atoms with E-state index < -0.39 is 10.0 Å².